The van der Waals surface area contributed by atoms with Crippen molar-refractivity contribution in [2.45, 2.75) is 5.34 Å². The fourth-order valence-electron chi connectivity index (χ4n) is 2.08. The highest BCUT2D eigenvalue weighted by molar-refractivity contribution is 6.39. The topological polar surface area (TPSA) is 24.5 Å². The van der Waals surface area contributed by atoms with E-state index < -0.39 is 5.34 Å². The fourth-order valence-corrected chi connectivity index (χ4v) is 2.08. The zero-order valence-corrected chi connectivity index (χ0v) is 10.4. The Morgan fingerprint density at radius 3 is 2.56 bits per heavy atom. The van der Waals surface area contributed by atoms with Crippen molar-refractivity contribution in [1.29, 1.82) is 0 Å². The third kappa shape index (κ3) is 2.54. The summed E-state index contributed by atoms with van der Waals surface area (Å²) in [4.78, 5) is 1.89. The van der Waals surface area contributed by atoms with Crippen LogP contribution in [0.5, 0.6) is 0 Å². The van der Waals surface area contributed by atoms with Crippen LogP contribution in [-0.4, -0.2) is 53.9 Å². The highest BCUT2D eigenvalue weighted by Crippen LogP contribution is 2.26. The second-order valence-corrected chi connectivity index (χ2v) is 4.37. The molecule has 3 nitrogen and oxygen atoms in total. The maximum Gasteiger partial charge on any atom is 0.146 e. The molecule has 0 spiro atoms. The zero-order chi connectivity index (χ0) is 13.2. The van der Waals surface area contributed by atoms with Crippen molar-refractivity contribution >= 4 is 21.4 Å². The number of morpholine rings is 1. The molecule has 18 heavy (non-hydrogen) atoms. The summed E-state index contributed by atoms with van der Waals surface area (Å²) in [6, 6.07) is 4.76. The molecule has 1 N–H and O–H groups in total. The van der Waals surface area contributed by atoms with E-state index in [-0.39, 0.29) is 5.82 Å². The van der Waals surface area contributed by atoms with Crippen molar-refractivity contribution in [3.05, 3.63) is 29.6 Å². The van der Waals surface area contributed by atoms with Crippen LogP contribution in [0.25, 0.3) is 0 Å². The minimum Gasteiger partial charge on any atom is -0.386 e. The lowest BCUT2D eigenvalue weighted by molar-refractivity contribution is 0.0224. The van der Waals surface area contributed by atoms with Crippen LogP contribution in [0.15, 0.2) is 18.2 Å². The molecule has 4 radical (unpaired) electrons. The van der Waals surface area contributed by atoms with Gasteiger partial charge < -0.3 is 15.0 Å². The number of halogens is 1. The van der Waals surface area contributed by atoms with Gasteiger partial charge in [0.15, 0.2) is 0 Å². The number of ether oxygens (including phenoxy) is 1. The first-order valence-corrected chi connectivity index (χ1v) is 5.94. The molecule has 0 amide bonds. The molecule has 1 fully saturated rings. The molecule has 1 aromatic carbocycles. The lowest BCUT2D eigenvalue weighted by Gasteiger charge is -2.42. The maximum absolute atomic E-state index is 13.7. The van der Waals surface area contributed by atoms with Crippen LogP contribution < -0.4 is 5.32 Å². The summed E-state index contributed by atoms with van der Waals surface area (Å²) in [5.74, 6) is -0.358. The molecule has 0 atom stereocenters. The summed E-state index contributed by atoms with van der Waals surface area (Å²) in [7, 11) is 13.9. The van der Waals surface area contributed by atoms with E-state index >= 15 is 0 Å². The minimum absolute atomic E-state index is 0.358. The van der Waals surface area contributed by atoms with E-state index in [0.717, 1.165) is 0 Å². The van der Waals surface area contributed by atoms with Crippen LogP contribution in [0.2, 0.25) is 0 Å². The van der Waals surface area contributed by atoms with E-state index in [2.05, 4.69) is 5.32 Å². The maximum atomic E-state index is 13.7. The van der Waals surface area contributed by atoms with Gasteiger partial charge in [0.25, 0.3) is 0 Å². The van der Waals surface area contributed by atoms with Crippen molar-refractivity contribution in [3.8, 4) is 0 Å². The standard InChI is InChI=1S/C12H15B2FN2O/c1-16-11-3-2-9(8-10(11)15)12(13,14)17-4-6-18-7-5-17/h2-3,8,16H,4-7H2,1H3. The van der Waals surface area contributed by atoms with Crippen LogP contribution in [0.4, 0.5) is 10.1 Å². The molecule has 1 heterocycles. The summed E-state index contributed by atoms with van der Waals surface area (Å²) in [6.07, 6.45) is 0. The molecule has 1 aromatic rings. The molecule has 1 saturated heterocycles. The second kappa shape index (κ2) is 5.33. The predicted molar refractivity (Wildman–Crippen MR) is 71.5 cm³/mol. The van der Waals surface area contributed by atoms with Crippen LogP contribution >= 0.6 is 0 Å². The molecule has 0 unspecified atom stereocenters. The van der Waals surface area contributed by atoms with Gasteiger partial charge in [-0.15, -0.1) is 0 Å². The second-order valence-electron chi connectivity index (χ2n) is 4.37. The molecule has 0 bridgehead atoms. The summed E-state index contributed by atoms with van der Waals surface area (Å²) in [6.45, 7) is 2.46. The Hall–Kier alpha value is -1.00. The molecule has 0 aliphatic carbocycles. The number of hydrogen-bond donors (Lipinski definition) is 1. The van der Waals surface area contributed by atoms with E-state index in [1.54, 1.807) is 19.2 Å². The van der Waals surface area contributed by atoms with Gasteiger partial charge in [0.05, 0.1) is 34.6 Å². The Morgan fingerprint density at radius 2 is 2.00 bits per heavy atom. The Kier molecular flexibility index (Phi) is 3.97. The van der Waals surface area contributed by atoms with Crippen LogP contribution in [-0.2, 0) is 10.1 Å². The van der Waals surface area contributed by atoms with E-state index in [0.29, 0.717) is 37.6 Å². The summed E-state index contributed by atoms with van der Waals surface area (Å²) >= 11 is 0. The van der Waals surface area contributed by atoms with Gasteiger partial charge in [-0.05, 0) is 23.0 Å². The number of rotatable bonds is 3. The van der Waals surface area contributed by atoms with Gasteiger partial charge in [-0.2, -0.15) is 0 Å². The Labute approximate surface area is 110 Å². The molecule has 1 aliphatic heterocycles. The van der Waals surface area contributed by atoms with Gasteiger partial charge in [-0.3, -0.25) is 0 Å². The van der Waals surface area contributed by atoms with E-state index in [1.165, 1.54) is 6.07 Å². The zero-order valence-electron chi connectivity index (χ0n) is 10.4. The first-order valence-electron chi connectivity index (χ1n) is 5.94. The minimum atomic E-state index is -1.17. The molecular weight excluding hydrogens is 229 g/mol. The molecule has 0 aromatic heterocycles. The fraction of sp³-hybridized carbons (Fsp3) is 0.500. The Bertz CT molecular complexity index is 423. The van der Waals surface area contributed by atoms with Crippen molar-refractivity contribution < 1.29 is 9.13 Å². The van der Waals surface area contributed by atoms with E-state index in [4.69, 9.17) is 20.4 Å². The molecule has 1 aliphatic rings. The number of anilines is 1. The largest absolute Gasteiger partial charge is 0.386 e. The normalized spacial score (nSPS) is 17.7. The van der Waals surface area contributed by atoms with Gasteiger partial charge in [-0.25, -0.2) is 4.39 Å². The third-order valence-corrected chi connectivity index (χ3v) is 3.24. The average Bonchev–Trinajstić information content (AvgIpc) is 2.39. The smallest absolute Gasteiger partial charge is 0.146 e. The van der Waals surface area contributed by atoms with Gasteiger partial charge >= 0.3 is 0 Å². The van der Waals surface area contributed by atoms with Gasteiger partial charge in [0.1, 0.15) is 5.82 Å². The van der Waals surface area contributed by atoms with Gasteiger partial charge in [0.2, 0.25) is 0 Å². The quantitative estimate of drug-likeness (QED) is 0.790. The van der Waals surface area contributed by atoms with Crippen molar-refractivity contribution in [1.82, 2.24) is 4.90 Å². The van der Waals surface area contributed by atoms with Crippen molar-refractivity contribution in [2.24, 2.45) is 0 Å². The number of nitrogens with zero attached hydrogens (tertiary/aromatic N) is 1. The average molecular weight is 244 g/mol. The van der Waals surface area contributed by atoms with E-state index in [9.17, 15) is 4.39 Å². The molecule has 6 heteroatoms. The van der Waals surface area contributed by atoms with Crippen molar-refractivity contribution in [2.75, 3.05) is 38.7 Å². The Morgan fingerprint density at radius 1 is 1.33 bits per heavy atom. The summed E-state index contributed by atoms with van der Waals surface area (Å²) < 4.78 is 19.0. The SMILES string of the molecule is [B]C([B])(c1ccc(NC)c(F)c1)N1CCOCC1. The summed E-state index contributed by atoms with van der Waals surface area (Å²) in [5, 5.41) is 1.59. The predicted octanol–water partition coefficient (Wildman–Crippen LogP) is 0.647. The third-order valence-electron chi connectivity index (χ3n) is 3.24. The molecule has 2 rings (SSSR count). The Balaban J connectivity index is 2.25. The van der Waals surface area contributed by atoms with Crippen molar-refractivity contribution in [3.63, 3.8) is 0 Å². The molecular formula is C12H15B2FN2O. The van der Waals surface area contributed by atoms with Gasteiger partial charge in [-0.1, -0.05) is 6.07 Å². The number of nitrogens with one attached hydrogen (secondary N) is 1. The summed E-state index contributed by atoms with van der Waals surface area (Å²) in [5.41, 5.74) is 0.984. The highest BCUT2D eigenvalue weighted by atomic mass is 19.1. The van der Waals surface area contributed by atoms with Crippen LogP contribution in [0, 0.1) is 5.82 Å². The van der Waals surface area contributed by atoms with Crippen LogP contribution in [0.1, 0.15) is 5.56 Å². The molecule has 92 valence electrons. The lowest BCUT2D eigenvalue weighted by atomic mass is 9.56. The van der Waals surface area contributed by atoms with E-state index in [1.807, 2.05) is 4.90 Å². The lowest BCUT2D eigenvalue weighted by Crippen LogP contribution is -2.52. The van der Waals surface area contributed by atoms with Gasteiger partial charge in [0, 0.05) is 20.1 Å². The monoisotopic (exact) mass is 244 g/mol. The number of benzene rings is 1. The van der Waals surface area contributed by atoms with Crippen LogP contribution in [0.3, 0.4) is 0 Å². The first kappa shape index (κ1) is 13.4. The first-order chi connectivity index (χ1) is 8.55. The number of hydrogen-bond acceptors (Lipinski definition) is 3. The highest BCUT2D eigenvalue weighted by Gasteiger charge is 2.29. The molecule has 0 saturated carbocycles.